The standard InChI is InChI=1S/C19H29NO/c1-5-6-7-8-15-20-18(21)14-11-16-9-12-17(13-10-16)19(2,3)4/h9-14H,5-8,15H2,1-4H3,(H,20,21). The summed E-state index contributed by atoms with van der Waals surface area (Å²) in [7, 11) is 0. The number of nitrogens with one attached hydrogen (secondary N) is 1. The number of hydrogen-bond donors (Lipinski definition) is 1. The van der Waals surface area contributed by atoms with Crippen molar-refractivity contribution in [1.29, 1.82) is 0 Å². The monoisotopic (exact) mass is 287 g/mol. The Morgan fingerprint density at radius 3 is 2.33 bits per heavy atom. The molecular formula is C19H29NO. The number of unbranched alkanes of at least 4 members (excludes halogenated alkanes) is 3. The van der Waals surface area contributed by atoms with Crippen molar-refractivity contribution < 1.29 is 4.79 Å². The fraction of sp³-hybridized carbons (Fsp3) is 0.526. The van der Waals surface area contributed by atoms with Crippen molar-refractivity contribution in [3.8, 4) is 0 Å². The van der Waals surface area contributed by atoms with Gasteiger partial charge in [-0.1, -0.05) is 71.2 Å². The van der Waals surface area contributed by atoms with Gasteiger partial charge in [0.05, 0.1) is 0 Å². The molecule has 2 heteroatoms. The number of carbonyl (C=O) groups is 1. The predicted octanol–water partition coefficient (Wildman–Crippen LogP) is 4.69. The lowest BCUT2D eigenvalue weighted by Gasteiger charge is -2.18. The van der Waals surface area contributed by atoms with E-state index in [0.717, 1.165) is 18.5 Å². The average Bonchev–Trinajstić information content (AvgIpc) is 2.44. The quantitative estimate of drug-likeness (QED) is 0.572. The van der Waals surface area contributed by atoms with Gasteiger partial charge in [-0.15, -0.1) is 0 Å². The van der Waals surface area contributed by atoms with Crippen LogP contribution >= 0.6 is 0 Å². The normalized spacial score (nSPS) is 11.8. The summed E-state index contributed by atoms with van der Waals surface area (Å²) in [6.07, 6.45) is 8.20. The number of carbonyl (C=O) groups excluding carboxylic acids is 1. The minimum absolute atomic E-state index is 0.00797. The van der Waals surface area contributed by atoms with Gasteiger partial charge in [0, 0.05) is 12.6 Å². The Balaban J connectivity index is 2.40. The third kappa shape index (κ3) is 7.12. The van der Waals surface area contributed by atoms with Crippen LogP contribution in [0.1, 0.15) is 64.5 Å². The van der Waals surface area contributed by atoms with E-state index < -0.39 is 0 Å². The van der Waals surface area contributed by atoms with E-state index >= 15 is 0 Å². The van der Waals surface area contributed by atoms with Crippen LogP contribution in [0.15, 0.2) is 30.3 Å². The second-order valence-corrected chi connectivity index (χ2v) is 6.56. The second kappa shape index (κ2) is 8.66. The van der Waals surface area contributed by atoms with E-state index in [9.17, 15) is 4.79 Å². The topological polar surface area (TPSA) is 29.1 Å². The molecular weight excluding hydrogens is 258 g/mol. The summed E-state index contributed by atoms with van der Waals surface area (Å²) in [5.74, 6) is -0.00797. The van der Waals surface area contributed by atoms with Crippen molar-refractivity contribution in [3.05, 3.63) is 41.5 Å². The third-order valence-corrected chi connectivity index (χ3v) is 3.53. The average molecular weight is 287 g/mol. The van der Waals surface area contributed by atoms with E-state index in [2.05, 4.69) is 57.3 Å². The van der Waals surface area contributed by atoms with Gasteiger partial charge in [0.15, 0.2) is 0 Å². The van der Waals surface area contributed by atoms with Crippen molar-refractivity contribution in [2.24, 2.45) is 0 Å². The van der Waals surface area contributed by atoms with Gasteiger partial charge in [-0.3, -0.25) is 4.79 Å². The summed E-state index contributed by atoms with van der Waals surface area (Å²) in [6, 6.07) is 8.38. The molecule has 0 unspecified atom stereocenters. The van der Waals surface area contributed by atoms with E-state index in [1.807, 2.05) is 6.08 Å². The van der Waals surface area contributed by atoms with Gasteiger partial charge in [0.2, 0.25) is 5.91 Å². The van der Waals surface area contributed by atoms with Crippen molar-refractivity contribution in [2.75, 3.05) is 6.54 Å². The van der Waals surface area contributed by atoms with Crippen LogP contribution in [-0.4, -0.2) is 12.5 Å². The first-order valence-corrected chi connectivity index (χ1v) is 8.00. The molecule has 116 valence electrons. The van der Waals surface area contributed by atoms with E-state index in [4.69, 9.17) is 0 Å². The summed E-state index contributed by atoms with van der Waals surface area (Å²) in [4.78, 5) is 11.7. The second-order valence-electron chi connectivity index (χ2n) is 6.56. The van der Waals surface area contributed by atoms with Gasteiger partial charge in [0.25, 0.3) is 0 Å². The van der Waals surface area contributed by atoms with E-state index in [1.54, 1.807) is 6.08 Å². The Labute approximate surface area is 129 Å². The third-order valence-electron chi connectivity index (χ3n) is 3.53. The maximum absolute atomic E-state index is 11.7. The lowest BCUT2D eigenvalue weighted by atomic mass is 9.87. The van der Waals surface area contributed by atoms with Crippen LogP contribution < -0.4 is 5.32 Å². The fourth-order valence-electron chi connectivity index (χ4n) is 2.09. The van der Waals surface area contributed by atoms with E-state index in [-0.39, 0.29) is 11.3 Å². The van der Waals surface area contributed by atoms with Crippen LogP contribution in [0.4, 0.5) is 0 Å². The van der Waals surface area contributed by atoms with E-state index in [0.29, 0.717) is 0 Å². The number of benzene rings is 1. The largest absolute Gasteiger partial charge is 0.353 e. The lowest BCUT2D eigenvalue weighted by Crippen LogP contribution is -2.21. The van der Waals surface area contributed by atoms with Crippen LogP contribution in [0.5, 0.6) is 0 Å². The number of amides is 1. The van der Waals surface area contributed by atoms with Crippen molar-refractivity contribution in [2.45, 2.75) is 58.8 Å². The molecule has 1 N–H and O–H groups in total. The first-order valence-electron chi connectivity index (χ1n) is 8.00. The summed E-state index contributed by atoms with van der Waals surface area (Å²) in [5.41, 5.74) is 2.53. The molecule has 1 amide bonds. The summed E-state index contributed by atoms with van der Waals surface area (Å²) in [5, 5.41) is 2.92. The molecule has 0 heterocycles. The van der Waals surface area contributed by atoms with Crippen LogP contribution in [0.25, 0.3) is 6.08 Å². The number of hydrogen-bond acceptors (Lipinski definition) is 1. The van der Waals surface area contributed by atoms with Crippen LogP contribution in [0, 0.1) is 0 Å². The SMILES string of the molecule is CCCCCCNC(=O)C=Cc1ccc(C(C)(C)C)cc1. The van der Waals surface area contributed by atoms with Crippen molar-refractivity contribution >= 4 is 12.0 Å². The molecule has 0 saturated carbocycles. The summed E-state index contributed by atoms with van der Waals surface area (Å²) >= 11 is 0. The lowest BCUT2D eigenvalue weighted by molar-refractivity contribution is -0.116. The zero-order valence-electron chi connectivity index (χ0n) is 13.9. The molecule has 0 spiro atoms. The highest BCUT2D eigenvalue weighted by Gasteiger charge is 2.12. The molecule has 1 rings (SSSR count). The zero-order chi connectivity index (χ0) is 15.7. The molecule has 1 aromatic rings. The van der Waals surface area contributed by atoms with Gasteiger partial charge < -0.3 is 5.32 Å². The molecule has 0 radical (unpaired) electrons. The van der Waals surface area contributed by atoms with Crippen molar-refractivity contribution in [3.63, 3.8) is 0 Å². The van der Waals surface area contributed by atoms with Gasteiger partial charge in [-0.05, 0) is 29.0 Å². The van der Waals surface area contributed by atoms with Gasteiger partial charge >= 0.3 is 0 Å². The summed E-state index contributed by atoms with van der Waals surface area (Å²) in [6.45, 7) is 9.55. The molecule has 0 fully saturated rings. The Morgan fingerprint density at radius 2 is 1.76 bits per heavy atom. The molecule has 2 nitrogen and oxygen atoms in total. The molecule has 0 saturated heterocycles. The van der Waals surface area contributed by atoms with Gasteiger partial charge in [-0.25, -0.2) is 0 Å². The molecule has 0 atom stereocenters. The van der Waals surface area contributed by atoms with Crippen molar-refractivity contribution in [1.82, 2.24) is 5.32 Å². The van der Waals surface area contributed by atoms with Crippen LogP contribution in [0.2, 0.25) is 0 Å². The minimum Gasteiger partial charge on any atom is -0.353 e. The molecule has 0 aliphatic carbocycles. The minimum atomic E-state index is -0.00797. The number of rotatable bonds is 7. The Kier molecular flexibility index (Phi) is 7.21. The molecule has 0 aliphatic rings. The first kappa shape index (κ1) is 17.5. The molecule has 0 aliphatic heterocycles. The van der Waals surface area contributed by atoms with E-state index in [1.165, 1.54) is 24.8 Å². The fourth-order valence-corrected chi connectivity index (χ4v) is 2.09. The van der Waals surface area contributed by atoms with Crippen LogP contribution in [-0.2, 0) is 10.2 Å². The molecule has 0 aromatic heterocycles. The van der Waals surface area contributed by atoms with Gasteiger partial charge in [-0.2, -0.15) is 0 Å². The molecule has 21 heavy (non-hydrogen) atoms. The van der Waals surface area contributed by atoms with Gasteiger partial charge in [0.1, 0.15) is 0 Å². The predicted molar refractivity (Wildman–Crippen MR) is 91.3 cm³/mol. The smallest absolute Gasteiger partial charge is 0.243 e. The zero-order valence-corrected chi connectivity index (χ0v) is 13.9. The highest BCUT2D eigenvalue weighted by molar-refractivity contribution is 5.91. The maximum Gasteiger partial charge on any atom is 0.243 e. The first-order chi connectivity index (χ1) is 9.93. The Hall–Kier alpha value is -1.57. The maximum atomic E-state index is 11.7. The van der Waals surface area contributed by atoms with Crippen LogP contribution in [0.3, 0.4) is 0 Å². The molecule has 1 aromatic carbocycles. The Bertz CT molecular complexity index is 451. The highest BCUT2D eigenvalue weighted by Crippen LogP contribution is 2.22. The Morgan fingerprint density at radius 1 is 1.10 bits per heavy atom. The summed E-state index contributed by atoms with van der Waals surface area (Å²) < 4.78 is 0. The highest BCUT2D eigenvalue weighted by atomic mass is 16.1. The molecule has 0 bridgehead atoms.